The first-order chi connectivity index (χ1) is 9.56. The number of hydrogen-bond donors (Lipinski definition) is 0. The van der Waals surface area contributed by atoms with Gasteiger partial charge in [0.25, 0.3) is 0 Å². The van der Waals surface area contributed by atoms with E-state index in [1.54, 1.807) is 24.1 Å². The SMILES string of the molecule is CN1C(=O)[C@@H](I)[C@@H](c2ccccc2)C12C=CC(=O)C=C2. The summed E-state index contributed by atoms with van der Waals surface area (Å²) in [5, 5.41) is 0. The lowest BCUT2D eigenvalue weighted by Crippen LogP contribution is -2.44. The van der Waals surface area contributed by atoms with Crippen molar-refractivity contribution in [2.45, 2.75) is 15.4 Å². The summed E-state index contributed by atoms with van der Waals surface area (Å²) in [4.78, 5) is 25.6. The number of hydrogen-bond acceptors (Lipinski definition) is 2. The number of carbonyl (C=O) groups excluding carboxylic acids is 2. The van der Waals surface area contributed by atoms with Crippen LogP contribution in [0, 0.1) is 0 Å². The van der Waals surface area contributed by atoms with Crippen molar-refractivity contribution >= 4 is 34.3 Å². The first-order valence-electron chi connectivity index (χ1n) is 6.45. The van der Waals surface area contributed by atoms with Crippen molar-refractivity contribution in [2.24, 2.45) is 0 Å². The standard InChI is InChI=1S/C16H14INO2/c1-18-15(20)14(17)13(11-5-3-2-4-6-11)16(18)9-7-12(19)8-10-16/h2-10,13-14H,1H3/t13-,14+/m1/s1. The van der Waals surface area contributed by atoms with E-state index in [4.69, 9.17) is 0 Å². The van der Waals surface area contributed by atoms with E-state index in [-0.39, 0.29) is 21.5 Å². The summed E-state index contributed by atoms with van der Waals surface area (Å²) in [6.45, 7) is 0. The maximum atomic E-state index is 12.4. The Morgan fingerprint density at radius 2 is 1.70 bits per heavy atom. The van der Waals surface area contributed by atoms with Crippen LogP contribution in [0.3, 0.4) is 0 Å². The molecule has 1 aromatic carbocycles. The Morgan fingerprint density at radius 1 is 1.10 bits per heavy atom. The number of rotatable bonds is 1. The lowest BCUT2D eigenvalue weighted by Gasteiger charge is -2.37. The van der Waals surface area contributed by atoms with Gasteiger partial charge in [0, 0.05) is 13.0 Å². The molecule has 0 bridgehead atoms. The van der Waals surface area contributed by atoms with Crippen molar-refractivity contribution in [1.29, 1.82) is 0 Å². The predicted octanol–water partition coefficient (Wildman–Crippen LogP) is 2.48. The quantitative estimate of drug-likeness (QED) is 0.556. The highest BCUT2D eigenvalue weighted by Gasteiger charge is 2.54. The van der Waals surface area contributed by atoms with Gasteiger partial charge in [0.1, 0.15) is 0 Å². The average molecular weight is 379 g/mol. The maximum Gasteiger partial charge on any atom is 0.236 e. The number of halogens is 1. The number of allylic oxidation sites excluding steroid dienone is 2. The third-order valence-electron chi connectivity index (χ3n) is 4.13. The number of alkyl halides is 1. The Morgan fingerprint density at radius 3 is 2.30 bits per heavy atom. The highest BCUT2D eigenvalue weighted by Crippen LogP contribution is 2.48. The third kappa shape index (κ3) is 1.85. The van der Waals surface area contributed by atoms with Gasteiger partial charge < -0.3 is 4.90 Å². The fourth-order valence-corrected chi connectivity index (χ4v) is 4.44. The Hall–Kier alpha value is -1.43. The Labute approximate surface area is 131 Å². The van der Waals surface area contributed by atoms with Crippen molar-refractivity contribution in [3.8, 4) is 0 Å². The summed E-state index contributed by atoms with van der Waals surface area (Å²) in [5.74, 6) is 0.0886. The van der Waals surface area contributed by atoms with Crippen LogP contribution in [0.2, 0.25) is 0 Å². The normalized spacial score (nSPS) is 27.6. The van der Waals surface area contributed by atoms with Crippen LogP contribution in [0.15, 0.2) is 54.6 Å². The van der Waals surface area contributed by atoms with Gasteiger partial charge in [0.2, 0.25) is 5.91 Å². The Bertz CT molecular complexity index is 605. The molecule has 1 aliphatic heterocycles. The van der Waals surface area contributed by atoms with Crippen molar-refractivity contribution in [3.63, 3.8) is 0 Å². The van der Waals surface area contributed by atoms with Crippen molar-refractivity contribution < 1.29 is 9.59 Å². The van der Waals surface area contributed by atoms with E-state index in [2.05, 4.69) is 22.6 Å². The van der Waals surface area contributed by atoms with E-state index < -0.39 is 5.54 Å². The van der Waals surface area contributed by atoms with E-state index in [1.165, 1.54) is 0 Å². The second-order valence-corrected chi connectivity index (χ2v) is 6.49. The summed E-state index contributed by atoms with van der Waals surface area (Å²) in [7, 11) is 1.81. The fraction of sp³-hybridized carbons (Fsp3) is 0.250. The summed E-state index contributed by atoms with van der Waals surface area (Å²) < 4.78 is -0.137. The predicted molar refractivity (Wildman–Crippen MR) is 85.8 cm³/mol. The van der Waals surface area contributed by atoms with Gasteiger partial charge in [-0.25, -0.2) is 0 Å². The average Bonchev–Trinajstić information content (AvgIpc) is 2.65. The molecule has 1 heterocycles. The lowest BCUT2D eigenvalue weighted by molar-refractivity contribution is -0.127. The zero-order chi connectivity index (χ0) is 14.3. The molecule has 0 saturated carbocycles. The largest absolute Gasteiger partial charge is 0.331 e. The van der Waals surface area contributed by atoms with Crippen LogP contribution in [0.1, 0.15) is 11.5 Å². The highest BCUT2D eigenvalue weighted by molar-refractivity contribution is 14.1. The molecule has 1 aliphatic carbocycles. The van der Waals surface area contributed by atoms with Crippen LogP contribution in [0.25, 0.3) is 0 Å². The number of amides is 1. The molecule has 3 rings (SSSR count). The summed E-state index contributed by atoms with van der Waals surface area (Å²) >= 11 is 2.21. The number of likely N-dealkylation sites (tertiary alicyclic amines) is 1. The lowest BCUT2D eigenvalue weighted by atomic mass is 9.77. The minimum absolute atomic E-state index is 0.0161. The van der Waals surface area contributed by atoms with Gasteiger partial charge in [0.15, 0.2) is 5.78 Å². The molecule has 4 heteroatoms. The molecule has 1 fully saturated rings. The smallest absolute Gasteiger partial charge is 0.236 e. The number of likely N-dealkylation sites (N-methyl/N-ethyl adjacent to an activating group) is 1. The minimum Gasteiger partial charge on any atom is -0.331 e. The number of carbonyl (C=O) groups is 2. The number of nitrogens with zero attached hydrogens (tertiary/aromatic N) is 1. The topological polar surface area (TPSA) is 37.4 Å². The molecule has 1 spiro atoms. The van der Waals surface area contributed by atoms with Gasteiger partial charge in [0.05, 0.1) is 9.46 Å². The third-order valence-corrected chi connectivity index (χ3v) is 5.38. The van der Waals surface area contributed by atoms with Crippen LogP contribution in [-0.4, -0.2) is 33.1 Å². The zero-order valence-electron chi connectivity index (χ0n) is 11.0. The van der Waals surface area contributed by atoms with E-state index in [0.29, 0.717) is 0 Å². The maximum absolute atomic E-state index is 12.4. The molecule has 3 nitrogen and oxygen atoms in total. The van der Waals surface area contributed by atoms with Gasteiger partial charge in [-0.3, -0.25) is 9.59 Å². The van der Waals surface area contributed by atoms with Crippen LogP contribution in [-0.2, 0) is 9.59 Å². The molecule has 102 valence electrons. The van der Waals surface area contributed by atoms with Gasteiger partial charge in [-0.05, 0) is 17.7 Å². The molecule has 0 unspecified atom stereocenters. The molecular weight excluding hydrogens is 365 g/mol. The van der Waals surface area contributed by atoms with Crippen molar-refractivity contribution in [3.05, 3.63) is 60.2 Å². The Balaban J connectivity index is 2.15. The molecule has 2 atom stereocenters. The molecule has 0 N–H and O–H groups in total. The van der Waals surface area contributed by atoms with Crippen molar-refractivity contribution in [1.82, 2.24) is 4.90 Å². The van der Waals surface area contributed by atoms with Crippen LogP contribution in [0.5, 0.6) is 0 Å². The van der Waals surface area contributed by atoms with Crippen LogP contribution < -0.4 is 0 Å². The fourth-order valence-electron chi connectivity index (χ4n) is 3.03. The van der Waals surface area contributed by atoms with Crippen molar-refractivity contribution in [2.75, 3.05) is 7.05 Å². The molecule has 2 aliphatic rings. The van der Waals surface area contributed by atoms with Crippen LogP contribution >= 0.6 is 22.6 Å². The molecular formula is C16H14INO2. The zero-order valence-corrected chi connectivity index (χ0v) is 13.2. The van der Waals surface area contributed by atoms with Gasteiger partial charge in [-0.1, -0.05) is 65.1 Å². The second kappa shape index (κ2) is 4.84. The summed E-state index contributed by atoms with van der Waals surface area (Å²) in [6, 6.07) is 10.0. The van der Waals surface area contributed by atoms with Gasteiger partial charge in [-0.15, -0.1) is 0 Å². The molecule has 1 aromatic rings. The first-order valence-corrected chi connectivity index (χ1v) is 7.70. The first kappa shape index (κ1) is 13.5. The molecule has 0 aromatic heterocycles. The Kier molecular flexibility index (Phi) is 3.28. The second-order valence-electron chi connectivity index (χ2n) is 5.14. The molecule has 20 heavy (non-hydrogen) atoms. The monoisotopic (exact) mass is 379 g/mol. The minimum atomic E-state index is -0.530. The van der Waals surface area contributed by atoms with Crippen LogP contribution in [0.4, 0.5) is 0 Å². The van der Waals surface area contributed by atoms with Gasteiger partial charge >= 0.3 is 0 Å². The molecule has 1 amide bonds. The summed E-state index contributed by atoms with van der Waals surface area (Å²) in [5.41, 5.74) is 0.589. The number of benzene rings is 1. The van der Waals surface area contributed by atoms with E-state index in [9.17, 15) is 9.59 Å². The van der Waals surface area contributed by atoms with E-state index in [0.717, 1.165) is 5.56 Å². The number of ketones is 1. The highest BCUT2D eigenvalue weighted by atomic mass is 127. The molecule has 1 saturated heterocycles. The molecule has 0 radical (unpaired) electrons. The van der Waals surface area contributed by atoms with E-state index in [1.807, 2.05) is 42.5 Å². The summed E-state index contributed by atoms with van der Waals surface area (Å²) in [6.07, 6.45) is 6.86. The van der Waals surface area contributed by atoms with E-state index >= 15 is 0 Å². The van der Waals surface area contributed by atoms with Gasteiger partial charge in [-0.2, -0.15) is 0 Å².